The van der Waals surface area contributed by atoms with Crippen LogP contribution in [0.3, 0.4) is 0 Å². The molecule has 2 bridgehead atoms. The van der Waals surface area contributed by atoms with Gasteiger partial charge in [0.2, 0.25) is 0 Å². The largest absolute Gasteiger partial charge is 0.353 e. The van der Waals surface area contributed by atoms with Gasteiger partial charge in [0, 0.05) is 6.61 Å². The van der Waals surface area contributed by atoms with Gasteiger partial charge in [-0.1, -0.05) is 13.8 Å². The first-order valence-electron chi connectivity index (χ1n) is 8.87. The van der Waals surface area contributed by atoms with Crippen molar-refractivity contribution >= 4 is 10.1 Å². The Balaban J connectivity index is 1.51. The topological polar surface area (TPSA) is 61.8 Å². The second-order valence-electron chi connectivity index (χ2n) is 8.07. The standard InChI is InChI=1S/C17H30O5S/c1-16(2)14-12-17(16,22-23(3,18)19)9-7-13(14)8-11-21-15-6-4-5-10-20-15/h13-15H,4-12H2,1-3H3/t13-,14-,15?,17+/m0/s1. The van der Waals surface area contributed by atoms with Crippen molar-refractivity contribution in [1.82, 2.24) is 0 Å². The number of fused-ring (bicyclic) bond motifs is 2. The minimum absolute atomic E-state index is 0.0191. The van der Waals surface area contributed by atoms with Gasteiger partial charge >= 0.3 is 0 Å². The molecule has 5 nitrogen and oxygen atoms in total. The lowest BCUT2D eigenvalue weighted by Gasteiger charge is -2.66. The minimum Gasteiger partial charge on any atom is -0.353 e. The zero-order chi connectivity index (χ0) is 16.7. The molecule has 4 atom stereocenters. The highest BCUT2D eigenvalue weighted by Gasteiger charge is 2.66. The second-order valence-corrected chi connectivity index (χ2v) is 9.64. The van der Waals surface area contributed by atoms with Gasteiger partial charge in [-0.15, -0.1) is 0 Å². The highest BCUT2D eigenvalue weighted by molar-refractivity contribution is 7.86. The summed E-state index contributed by atoms with van der Waals surface area (Å²) in [4.78, 5) is 0. The van der Waals surface area contributed by atoms with Gasteiger partial charge in [-0.05, 0) is 62.2 Å². The van der Waals surface area contributed by atoms with Gasteiger partial charge in [0.15, 0.2) is 6.29 Å². The molecule has 0 spiro atoms. The van der Waals surface area contributed by atoms with E-state index < -0.39 is 15.7 Å². The minimum atomic E-state index is -3.41. The van der Waals surface area contributed by atoms with Crippen LogP contribution in [0.4, 0.5) is 0 Å². The molecule has 134 valence electrons. The molecule has 0 N–H and O–H groups in total. The summed E-state index contributed by atoms with van der Waals surface area (Å²) < 4.78 is 40.2. The lowest BCUT2D eigenvalue weighted by Crippen LogP contribution is -2.67. The van der Waals surface area contributed by atoms with E-state index in [9.17, 15) is 8.42 Å². The Morgan fingerprint density at radius 2 is 2.00 bits per heavy atom. The molecule has 23 heavy (non-hydrogen) atoms. The fourth-order valence-corrected chi connectivity index (χ4v) is 5.84. The van der Waals surface area contributed by atoms with Crippen LogP contribution in [-0.4, -0.2) is 39.8 Å². The van der Waals surface area contributed by atoms with E-state index in [1.54, 1.807) is 0 Å². The molecule has 4 aliphatic rings. The summed E-state index contributed by atoms with van der Waals surface area (Å²) in [6.07, 6.45) is 8.22. The summed E-state index contributed by atoms with van der Waals surface area (Å²) in [5, 5.41) is 0. The van der Waals surface area contributed by atoms with Crippen LogP contribution < -0.4 is 0 Å². The second kappa shape index (κ2) is 6.28. The Kier molecular flexibility index (Phi) is 4.82. The molecule has 0 aromatic heterocycles. The third kappa shape index (κ3) is 3.46. The predicted molar refractivity (Wildman–Crippen MR) is 87.4 cm³/mol. The van der Waals surface area contributed by atoms with E-state index in [1.165, 1.54) is 6.42 Å². The molecule has 3 aliphatic carbocycles. The van der Waals surface area contributed by atoms with Gasteiger partial charge in [-0.3, -0.25) is 4.18 Å². The van der Waals surface area contributed by atoms with E-state index in [2.05, 4.69) is 13.8 Å². The van der Waals surface area contributed by atoms with Gasteiger partial charge in [0.1, 0.15) is 0 Å². The molecular formula is C17H30O5S. The Labute approximate surface area is 140 Å². The molecule has 4 fully saturated rings. The first kappa shape index (κ1) is 17.6. The molecule has 0 radical (unpaired) electrons. The molecule has 1 saturated heterocycles. The quantitative estimate of drug-likeness (QED) is 0.692. The Morgan fingerprint density at radius 1 is 1.22 bits per heavy atom. The molecule has 6 heteroatoms. The SMILES string of the molecule is CC1(C)[C@H]2C[C@]1(OS(C)(=O)=O)CC[C@H]2CCOC1CCCCO1. The van der Waals surface area contributed by atoms with Gasteiger partial charge < -0.3 is 9.47 Å². The van der Waals surface area contributed by atoms with Crippen LogP contribution in [-0.2, 0) is 23.8 Å². The van der Waals surface area contributed by atoms with Gasteiger partial charge in [-0.25, -0.2) is 0 Å². The van der Waals surface area contributed by atoms with Crippen molar-refractivity contribution in [3.05, 3.63) is 0 Å². The third-order valence-electron chi connectivity index (χ3n) is 6.38. The summed E-state index contributed by atoms with van der Waals surface area (Å²) in [5.74, 6) is 1.12. The van der Waals surface area contributed by atoms with Crippen LogP contribution in [0, 0.1) is 17.3 Å². The smallest absolute Gasteiger partial charge is 0.264 e. The molecule has 3 saturated carbocycles. The normalized spacial score (nSPS) is 39.7. The fraction of sp³-hybridized carbons (Fsp3) is 1.00. The number of hydrogen-bond donors (Lipinski definition) is 0. The van der Waals surface area contributed by atoms with Gasteiger partial charge in [-0.2, -0.15) is 8.42 Å². The monoisotopic (exact) mass is 346 g/mol. The van der Waals surface area contributed by atoms with Crippen molar-refractivity contribution in [2.45, 2.75) is 70.7 Å². The van der Waals surface area contributed by atoms with E-state index in [4.69, 9.17) is 13.7 Å². The van der Waals surface area contributed by atoms with Crippen LogP contribution in [0.1, 0.15) is 58.8 Å². The summed E-state index contributed by atoms with van der Waals surface area (Å²) >= 11 is 0. The van der Waals surface area contributed by atoms with Crippen molar-refractivity contribution in [1.29, 1.82) is 0 Å². The van der Waals surface area contributed by atoms with E-state index in [-0.39, 0.29) is 11.7 Å². The maximum absolute atomic E-state index is 11.6. The molecule has 0 amide bonds. The molecule has 1 unspecified atom stereocenters. The van der Waals surface area contributed by atoms with Crippen molar-refractivity contribution in [2.24, 2.45) is 17.3 Å². The number of hydrogen-bond acceptors (Lipinski definition) is 5. The first-order valence-corrected chi connectivity index (χ1v) is 10.7. The van der Waals surface area contributed by atoms with Gasteiger partial charge in [0.25, 0.3) is 10.1 Å². The maximum atomic E-state index is 11.6. The highest BCUT2D eigenvalue weighted by atomic mass is 32.2. The highest BCUT2D eigenvalue weighted by Crippen LogP contribution is 2.66. The fourth-order valence-electron chi connectivity index (χ4n) is 4.89. The Hall–Kier alpha value is -0.170. The lowest BCUT2D eigenvalue weighted by atomic mass is 9.42. The van der Waals surface area contributed by atoms with Gasteiger partial charge in [0.05, 0.1) is 18.5 Å². The zero-order valence-corrected chi connectivity index (χ0v) is 15.4. The predicted octanol–water partition coefficient (Wildman–Crippen LogP) is 3.09. The summed E-state index contributed by atoms with van der Waals surface area (Å²) in [5.41, 5.74) is -0.560. The summed E-state index contributed by atoms with van der Waals surface area (Å²) in [7, 11) is -3.41. The lowest BCUT2D eigenvalue weighted by molar-refractivity contribution is -0.231. The molecule has 0 aromatic carbocycles. The van der Waals surface area contributed by atoms with Crippen LogP contribution in [0.5, 0.6) is 0 Å². The molecule has 1 heterocycles. The van der Waals surface area contributed by atoms with E-state index in [0.717, 1.165) is 58.0 Å². The van der Waals surface area contributed by atoms with Crippen LogP contribution in [0.2, 0.25) is 0 Å². The molecular weight excluding hydrogens is 316 g/mol. The summed E-state index contributed by atoms with van der Waals surface area (Å²) in [6.45, 7) is 5.87. The van der Waals surface area contributed by atoms with E-state index in [0.29, 0.717) is 11.8 Å². The Bertz CT molecular complexity index is 519. The average molecular weight is 346 g/mol. The van der Waals surface area contributed by atoms with Crippen molar-refractivity contribution in [3.63, 3.8) is 0 Å². The van der Waals surface area contributed by atoms with Crippen LogP contribution in [0.15, 0.2) is 0 Å². The van der Waals surface area contributed by atoms with Crippen molar-refractivity contribution < 1.29 is 22.1 Å². The van der Waals surface area contributed by atoms with Crippen molar-refractivity contribution in [2.75, 3.05) is 19.5 Å². The molecule has 0 aromatic rings. The Morgan fingerprint density at radius 3 is 2.57 bits per heavy atom. The number of rotatable bonds is 6. The maximum Gasteiger partial charge on any atom is 0.264 e. The molecule has 1 aliphatic heterocycles. The zero-order valence-electron chi connectivity index (χ0n) is 14.5. The average Bonchev–Trinajstić information content (AvgIpc) is 2.48. The van der Waals surface area contributed by atoms with Crippen molar-refractivity contribution in [3.8, 4) is 0 Å². The third-order valence-corrected chi connectivity index (χ3v) is 7.00. The van der Waals surface area contributed by atoms with E-state index >= 15 is 0 Å². The van der Waals surface area contributed by atoms with E-state index in [1.807, 2.05) is 0 Å². The number of ether oxygens (including phenoxy) is 2. The molecule has 4 rings (SSSR count). The van der Waals surface area contributed by atoms with Crippen LogP contribution in [0.25, 0.3) is 0 Å². The first-order chi connectivity index (χ1) is 10.7. The summed E-state index contributed by atoms with van der Waals surface area (Å²) in [6, 6.07) is 0. The van der Waals surface area contributed by atoms with Crippen LogP contribution >= 0.6 is 0 Å².